The van der Waals surface area contributed by atoms with Gasteiger partial charge in [0.1, 0.15) is 6.04 Å². The molecular weight excluding hydrogens is 292 g/mol. The normalized spacial score (nSPS) is 11.9. The Morgan fingerprint density at radius 1 is 1.04 bits per heavy atom. The number of nitrogens with two attached hydrogens (primary N) is 3. The summed E-state index contributed by atoms with van der Waals surface area (Å²) in [5, 5.41) is 0. The minimum Gasteiger partial charge on any atom is -0.368 e. The van der Waals surface area contributed by atoms with Gasteiger partial charge in [0.25, 0.3) is 0 Å². The van der Waals surface area contributed by atoms with Crippen LogP contribution in [-0.2, 0) is 16.0 Å². The van der Waals surface area contributed by atoms with Crippen molar-refractivity contribution in [2.24, 2.45) is 17.2 Å². The number of hydrogen-bond acceptors (Lipinski definition) is 4. The lowest BCUT2D eigenvalue weighted by molar-refractivity contribution is -0.139. The van der Waals surface area contributed by atoms with Crippen molar-refractivity contribution in [1.82, 2.24) is 4.90 Å². The monoisotopic (exact) mass is 320 g/mol. The summed E-state index contributed by atoms with van der Waals surface area (Å²) >= 11 is 0. The molecule has 0 bridgehead atoms. The molecule has 0 radical (unpaired) electrons. The third kappa shape index (κ3) is 6.80. The average molecular weight is 320 g/mol. The molecule has 6 N–H and O–H groups in total. The molecule has 0 aliphatic carbocycles. The Bertz CT molecular complexity index is 479. The van der Waals surface area contributed by atoms with Crippen molar-refractivity contribution in [1.29, 1.82) is 0 Å². The van der Waals surface area contributed by atoms with Crippen LogP contribution in [0.3, 0.4) is 0 Å². The smallest absolute Gasteiger partial charge is 0.240 e. The zero-order chi connectivity index (χ0) is 17.1. The Balaban J connectivity index is 2.68. The summed E-state index contributed by atoms with van der Waals surface area (Å²) in [5.41, 5.74) is 17.7. The number of carbonyl (C=O) groups is 2. The van der Waals surface area contributed by atoms with E-state index >= 15 is 0 Å². The highest BCUT2D eigenvalue weighted by Crippen LogP contribution is 2.12. The molecule has 0 saturated heterocycles. The van der Waals surface area contributed by atoms with Crippen molar-refractivity contribution in [3.8, 4) is 0 Å². The molecule has 1 aromatic carbocycles. The van der Waals surface area contributed by atoms with Gasteiger partial charge >= 0.3 is 0 Å². The Labute approximate surface area is 138 Å². The van der Waals surface area contributed by atoms with Crippen molar-refractivity contribution < 1.29 is 9.59 Å². The molecule has 0 spiro atoms. The summed E-state index contributed by atoms with van der Waals surface area (Å²) in [6, 6.07) is 9.17. The average Bonchev–Trinajstić information content (AvgIpc) is 2.56. The molecule has 0 heterocycles. The van der Waals surface area contributed by atoms with Gasteiger partial charge in [0.05, 0.1) is 0 Å². The molecule has 1 atom stereocenters. The molecule has 0 aliphatic heterocycles. The fourth-order valence-electron chi connectivity index (χ4n) is 2.57. The van der Waals surface area contributed by atoms with Crippen molar-refractivity contribution in [3.05, 3.63) is 35.9 Å². The van der Waals surface area contributed by atoms with Crippen LogP contribution in [0.1, 0.15) is 31.2 Å². The van der Waals surface area contributed by atoms with Crippen molar-refractivity contribution in [2.75, 3.05) is 19.6 Å². The number of unbranched alkanes of at least 4 members (excludes halogenated alkanes) is 1. The zero-order valence-electron chi connectivity index (χ0n) is 13.6. The summed E-state index contributed by atoms with van der Waals surface area (Å²) in [6.07, 6.45) is 3.07. The van der Waals surface area contributed by atoms with Gasteiger partial charge in [-0.3, -0.25) is 9.59 Å². The number of primary amides is 1. The standard InChI is InChI=1S/C17H28N4O2/c18-11-5-4-8-15(17(20)23)21(13-12-19)16(22)10-9-14-6-2-1-3-7-14/h1-3,6-7,15H,4-5,8-13,18-19H2,(H2,20,23)/t15-/m0/s1. The van der Waals surface area contributed by atoms with E-state index in [1.165, 1.54) is 4.90 Å². The molecule has 2 amide bonds. The fraction of sp³-hybridized carbons (Fsp3) is 0.529. The first-order valence-corrected chi connectivity index (χ1v) is 8.13. The summed E-state index contributed by atoms with van der Waals surface area (Å²) in [5.74, 6) is -0.570. The lowest BCUT2D eigenvalue weighted by Gasteiger charge is -2.29. The van der Waals surface area contributed by atoms with Crippen LogP contribution in [0.15, 0.2) is 30.3 Å². The minimum atomic E-state index is -0.603. The molecule has 0 aliphatic rings. The van der Waals surface area contributed by atoms with Crippen LogP contribution < -0.4 is 17.2 Å². The second kappa shape index (κ2) is 10.7. The number of hydrogen-bond donors (Lipinski definition) is 3. The predicted octanol–water partition coefficient (Wildman–Crippen LogP) is 0.389. The van der Waals surface area contributed by atoms with Crippen LogP contribution in [0.5, 0.6) is 0 Å². The maximum absolute atomic E-state index is 12.5. The van der Waals surface area contributed by atoms with E-state index in [-0.39, 0.29) is 5.91 Å². The van der Waals surface area contributed by atoms with Crippen molar-refractivity contribution >= 4 is 11.8 Å². The van der Waals surface area contributed by atoms with Crippen LogP contribution in [0.25, 0.3) is 0 Å². The SMILES string of the molecule is NCCCC[C@@H](C(N)=O)N(CCN)C(=O)CCc1ccccc1. The Kier molecular flexibility index (Phi) is 8.94. The third-order valence-electron chi connectivity index (χ3n) is 3.80. The van der Waals surface area contributed by atoms with E-state index in [2.05, 4.69) is 0 Å². The van der Waals surface area contributed by atoms with E-state index in [0.717, 1.165) is 18.4 Å². The first kappa shape index (κ1) is 19.1. The number of carbonyl (C=O) groups excluding carboxylic acids is 2. The molecule has 0 fully saturated rings. The zero-order valence-corrected chi connectivity index (χ0v) is 13.6. The van der Waals surface area contributed by atoms with Gasteiger partial charge in [0.15, 0.2) is 0 Å². The highest BCUT2D eigenvalue weighted by Gasteiger charge is 2.26. The summed E-state index contributed by atoms with van der Waals surface area (Å²) in [6.45, 7) is 1.20. The van der Waals surface area contributed by atoms with Crippen LogP contribution in [0.2, 0.25) is 0 Å². The lowest BCUT2D eigenvalue weighted by Crippen LogP contribution is -2.49. The molecular formula is C17H28N4O2. The first-order chi connectivity index (χ1) is 11.1. The van der Waals surface area contributed by atoms with Gasteiger partial charge in [0, 0.05) is 19.5 Å². The molecule has 0 aromatic heterocycles. The topological polar surface area (TPSA) is 115 Å². The van der Waals surface area contributed by atoms with E-state index in [4.69, 9.17) is 17.2 Å². The van der Waals surface area contributed by atoms with Crippen LogP contribution in [0, 0.1) is 0 Å². The molecule has 23 heavy (non-hydrogen) atoms. The predicted molar refractivity (Wildman–Crippen MR) is 91.4 cm³/mol. The molecule has 6 heteroatoms. The fourth-order valence-corrected chi connectivity index (χ4v) is 2.57. The van der Waals surface area contributed by atoms with E-state index < -0.39 is 11.9 Å². The largest absolute Gasteiger partial charge is 0.368 e. The molecule has 128 valence electrons. The Morgan fingerprint density at radius 3 is 2.30 bits per heavy atom. The maximum Gasteiger partial charge on any atom is 0.240 e. The van der Waals surface area contributed by atoms with Gasteiger partial charge < -0.3 is 22.1 Å². The number of amides is 2. The van der Waals surface area contributed by atoms with Crippen molar-refractivity contribution in [2.45, 2.75) is 38.1 Å². The first-order valence-electron chi connectivity index (χ1n) is 8.13. The Hall–Kier alpha value is -1.92. The Morgan fingerprint density at radius 2 is 1.74 bits per heavy atom. The van der Waals surface area contributed by atoms with Crippen LogP contribution >= 0.6 is 0 Å². The van der Waals surface area contributed by atoms with Gasteiger partial charge in [-0.15, -0.1) is 0 Å². The second-order valence-electron chi connectivity index (χ2n) is 5.56. The van der Waals surface area contributed by atoms with E-state index in [9.17, 15) is 9.59 Å². The van der Waals surface area contributed by atoms with Gasteiger partial charge in [0.2, 0.25) is 11.8 Å². The minimum absolute atomic E-state index is 0.0872. The van der Waals surface area contributed by atoms with Gasteiger partial charge in [-0.2, -0.15) is 0 Å². The number of benzene rings is 1. The highest BCUT2D eigenvalue weighted by molar-refractivity contribution is 5.86. The summed E-state index contributed by atoms with van der Waals surface area (Å²) in [7, 11) is 0. The number of rotatable bonds is 11. The van der Waals surface area contributed by atoms with Crippen LogP contribution in [-0.4, -0.2) is 42.4 Å². The van der Waals surface area contributed by atoms with Gasteiger partial charge in [-0.1, -0.05) is 30.3 Å². The van der Waals surface area contributed by atoms with E-state index in [0.29, 0.717) is 38.9 Å². The van der Waals surface area contributed by atoms with Gasteiger partial charge in [-0.25, -0.2) is 0 Å². The number of nitrogens with zero attached hydrogens (tertiary/aromatic N) is 1. The molecule has 1 rings (SSSR count). The summed E-state index contributed by atoms with van der Waals surface area (Å²) in [4.78, 5) is 25.8. The molecule has 0 unspecified atom stereocenters. The van der Waals surface area contributed by atoms with E-state index in [1.807, 2.05) is 30.3 Å². The van der Waals surface area contributed by atoms with Crippen molar-refractivity contribution in [3.63, 3.8) is 0 Å². The highest BCUT2D eigenvalue weighted by atomic mass is 16.2. The number of aryl methyl sites for hydroxylation is 1. The molecule has 6 nitrogen and oxygen atoms in total. The molecule has 0 saturated carbocycles. The van der Waals surface area contributed by atoms with E-state index in [1.54, 1.807) is 0 Å². The summed E-state index contributed by atoms with van der Waals surface area (Å²) < 4.78 is 0. The lowest BCUT2D eigenvalue weighted by atomic mass is 10.0. The second-order valence-corrected chi connectivity index (χ2v) is 5.56. The quantitative estimate of drug-likeness (QED) is 0.511. The van der Waals surface area contributed by atoms with Gasteiger partial charge in [-0.05, 0) is 37.8 Å². The maximum atomic E-state index is 12.5. The molecule has 1 aromatic rings. The van der Waals surface area contributed by atoms with Crippen LogP contribution in [0.4, 0.5) is 0 Å². The third-order valence-corrected chi connectivity index (χ3v) is 3.80.